The third-order valence-electron chi connectivity index (χ3n) is 6.72. The summed E-state index contributed by atoms with van der Waals surface area (Å²) in [6.07, 6.45) is 0. The minimum Gasteiger partial charge on any atom is -0.497 e. The van der Waals surface area contributed by atoms with E-state index in [4.69, 9.17) is 4.74 Å². The van der Waals surface area contributed by atoms with Crippen LogP contribution in [0.5, 0.6) is 5.75 Å². The van der Waals surface area contributed by atoms with Gasteiger partial charge in [0.2, 0.25) is 0 Å². The molecule has 5 heteroatoms. The Bertz CT molecular complexity index is 1540. The molecule has 6 rings (SSSR count). The topological polar surface area (TPSA) is 45.3 Å². The van der Waals surface area contributed by atoms with Crippen molar-refractivity contribution in [2.24, 2.45) is 0 Å². The molecule has 2 heterocycles. The summed E-state index contributed by atoms with van der Waals surface area (Å²) in [7, 11) is 1.64. The Balaban J connectivity index is 1.55. The van der Waals surface area contributed by atoms with Crippen LogP contribution in [0.2, 0.25) is 0 Å². The molecule has 0 unspecified atom stereocenters. The van der Waals surface area contributed by atoms with Crippen LogP contribution in [0.1, 0.15) is 33.1 Å². The fourth-order valence-electron chi connectivity index (χ4n) is 5.06. The standard InChI is InChI=1S/C30H23FN2O2/c1-35-22-16-10-19(11-17-22)18-33-29(23-6-2-3-7-24(23)30(33)34)27-25-8-4-5-9-26(25)32-28(27)20-12-14-21(31)15-13-20/h2-17,29,32H,18H2,1H3/t29-/m0/s1. The van der Waals surface area contributed by atoms with Crippen LogP contribution < -0.4 is 4.74 Å². The summed E-state index contributed by atoms with van der Waals surface area (Å²) in [6.45, 7) is 0.449. The first-order valence-corrected chi connectivity index (χ1v) is 11.5. The molecule has 0 saturated heterocycles. The van der Waals surface area contributed by atoms with Gasteiger partial charge >= 0.3 is 0 Å². The van der Waals surface area contributed by atoms with Crippen molar-refractivity contribution >= 4 is 16.8 Å². The molecule has 0 aliphatic carbocycles. The van der Waals surface area contributed by atoms with E-state index in [1.807, 2.05) is 71.6 Å². The molecular formula is C30H23FN2O2. The number of hydrogen-bond donors (Lipinski definition) is 1. The van der Waals surface area contributed by atoms with Crippen molar-refractivity contribution < 1.29 is 13.9 Å². The molecule has 0 spiro atoms. The molecule has 0 radical (unpaired) electrons. The lowest BCUT2D eigenvalue weighted by Crippen LogP contribution is -2.28. The molecule has 1 aliphatic heterocycles. The predicted molar refractivity (Wildman–Crippen MR) is 135 cm³/mol. The molecule has 1 atom stereocenters. The van der Waals surface area contributed by atoms with Gasteiger partial charge < -0.3 is 14.6 Å². The number of carbonyl (C=O) groups is 1. The van der Waals surface area contributed by atoms with Gasteiger partial charge in [-0.1, -0.05) is 48.5 Å². The Kier molecular flexibility index (Phi) is 5.10. The number of nitrogens with one attached hydrogen (secondary N) is 1. The van der Waals surface area contributed by atoms with E-state index in [0.717, 1.165) is 44.6 Å². The van der Waals surface area contributed by atoms with Crippen LogP contribution >= 0.6 is 0 Å². The summed E-state index contributed by atoms with van der Waals surface area (Å²) in [5.74, 6) is 0.488. The molecule has 1 N–H and O–H groups in total. The normalized spacial score (nSPS) is 15.0. The SMILES string of the molecule is COc1ccc(CN2C(=O)c3ccccc3[C@H]2c2c(-c3ccc(F)cc3)[nH]c3ccccc23)cc1. The van der Waals surface area contributed by atoms with Gasteiger partial charge in [-0.25, -0.2) is 4.39 Å². The largest absolute Gasteiger partial charge is 0.497 e. The Morgan fingerprint density at radius 1 is 0.886 bits per heavy atom. The van der Waals surface area contributed by atoms with Crippen LogP contribution in [0.4, 0.5) is 4.39 Å². The number of ether oxygens (including phenoxy) is 1. The van der Waals surface area contributed by atoms with Crippen molar-refractivity contribution in [3.8, 4) is 17.0 Å². The number of H-pyrrole nitrogens is 1. The summed E-state index contributed by atoms with van der Waals surface area (Å²) >= 11 is 0. The van der Waals surface area contributed by atoms with Crippen molar-refractivity contribution in [3.63, 3.8) is 0 Å². The zero-order chi connectivity index (χ0) is 23.9. The van der Waals surface area contributed by atoms with Crippen LogP contribution in [0.15, 0.2) is 97.1 Å². The minimum atomic E-state index is -0.294. The lowest BCUT2D eigenvalue weighted by atomic mass is 9.93. The molecule has 4 aromatic carbocycles. The molecule has 0 fully saturated rings. The van der Waals surface area contributed by atoms with E-state index in [9.17, 15) is 9.18 Å². The summed E-state index contributed by atoms with van der Waals surface area (Å²) in [5.41, 5.74) is 6.45. The fraction of sp³-hybridized carbons (Fsp3) is 0.100. The Morgan fingerprint density at radius 3 is 2.37 bits per heavy atom. The van der Waals surface area contributed by atoms with Gasteiger partial charge in [0.15, 0.2) is 0 Å². The van der Waals surface area contributed by atoms with Crippen molar-refractivity contribution in [1.82, 2.24) is 9.88 Å². The second kappa shape index (κ2) is 8.44. The first kappa shape index (κ1) is 21.2. The molecule has 1 aliphatic rings. The first-order chi connectivity index (χ1) is 17.1. The molecular weight excluding hydrogens is 439 g/mol. The van der Waals surface area contributed by atoms with E-state index in [1.54, 1.807) is 19.2 Å². The van der Waals surface area contributed by atoms with E-state index >= 15 is 0 Å². The van der Waals surface area contributed by atoms with Gasteiger partial charge in [-0.15, -0.1) is 0 Å². The highest BCUT2D eigenvalue weighted by Gasteiger charge is 2.40. The van der Waals surface area contributed by atoms with Crippen LogP contribution in [0.3, 0.4) is 0 Å². The fourth-order valence-corrected chi connectivity index (χ4v) is 5.06. The number of carbonyl (C=O) groups excluding carboxylic acids is 1. The highest BCUT2D eigenvalue weighted by Crippen LogP contribution is 2.46. The van der Waals surface area contributed by atoms with Crippen LogP contribution in [0.25, 0.3) is 22.2 Å². The quantitative estimate of drug-likeness (QED) is 0.315. The number of aromatic amines is 1. The molecule has 0 saturated carbocycles. The average Bonchev–Trinajstić information content (AvgIpc) is 3.40. The molecule has 0 bridgehead atoms. The van der Waals surface area contributed by atoms with Gasteiger partial charge in [0.1, 0.15) is 11.6 Å². The van der Waals surface area contributed by atoms with E-state index in [2.05, 4.69) is 11.1 Å². The average molecular weight is 463 g/mol. The highest BCUT2D eigenvalue weighted by atomic mass is 19.1. The number of halogens is 1. The summed E-state index contributed by atoms with van der Waals surface area (Å²) in [5, 5.41) is 1.04. The maximum Gasteiger partial charge on any atom is 0.255 e. The van der Waals surface area contributed by atoms with Gasteiger partial charge in [0.25, 0.3) is 5.91 Å². The smallest absolute Gasteiger partial charge is 0.255 e. The van der Waals surface area contributed by atoms with Crippen LogP contribution in [-0.2, 0) is 6.54 Å². The van der Waals surface area contributed by atoms with Crippen molar-refractivity contribution in [1.29, 1.82) is 0 Å². The van der Waals surface area contributed by atoms with Gasteiger partial charge in [-0.3, -0.25) is 4.79 Å². The third-order valence-corrected chi connectivity index (χ3v) is 6.72. The van der Waals surface area contributed by atoms with Crippen molar-refractivity contribution in [3.05, 3.63) is 125 Å². The molecule has 35 heavy (non-hydrogen) atoms. The molecule has 1 aromatic heterocycles. The summed E-state index contributed by atoms with van der Waals surface area (Å²) in [4.78, 5) is 19.2. The van der Waals surface area contributed by atoms with Gasteiger partial charge in [0.05, 0.1) is 18.8 Å². The maximum atomic E-state index is 13.7. The van der Waals surface area contributed by atoms with E-state index in [1.165, 1.54) is 12.1 Å². The monoisotopic (exact) mass is 462 g/mol. The molecule has 172 valence electrons. The van der Waals surface area contributed by atoms with Crippen LogP contribution in [0, 0.1) is 5.82 Å². The van der Waals surface area contributed by atoms with E-state index in [-0.39, 0.29) is 17.8 Å². The Hall–Kier alpha value is -4.38. The first-order valence-electron chi connectivity index (χ1n) is 11.5. The zero-order valence-corrected chi connectivity index (χ0v) is 19.2. The third kappa shape index (κ3) is 3.56. The molecule has 4 nitrogen and oxygen atoms in total. The number of para-hydroxylation sites is 1. The highest BCUT2D eigenvalue weighted by molar-refractivity contribution is 6.02. The lowest BCUT2D eigenvalue weighted by Gasteiger charge is -2.27. The Morgan fingerprint density at radius 2 is 1.60 bits per heavy atom. The zero-order valence-electron chi connectivity index (χ0n) is 19.2. The number of aromatic nitrogens is 1. The van der Waals surface area contributed by atoms with E-state index < -0.39 is 0 Å². The number of benzene rings is 4. The lowest BCUT2D eigenvalue weighted by molar-refractivity contribution is 0.0737. The van der Waals surface area contributed by atoms with Gasteiger partial charge in [-0.2, -0.15) is 0 Å². The van der Waals surface area contributed by atoms with Gasteiger partial charge in [0, 0.05) is 28.6 Å². The number of fused-ring (bicyclic) bond motifs is 2. The van der Waals surface area contributed by atoms with Crippen molar-refractivity contribution in [2.75, 3.05) is 7.11 Å². The summed E-state index contributed by atoms with van der Waals surface area (Å²) < 4.78 is 19.0. The second-order valence-corrected chi connectivity index (χ2v) is 8.74. The van der Waals surface area contributed by atoms with Crippen molar-refractivity contribution in [2.45, 2.75) is 12.6 Å². The number of amides is 1. The van der Waals surface area contributed by atoms with E-state index in [0.29, 0.717) is 12.1 Å². The molecule has 5 aromatic rings. The number of rotatable bonds is 5. The van der Waals surface area contributed by atoms with Crippen LogP contribution in [-0.4, -0.2) is 22.9 Å². The van der Waals surface area contributed by atoms with Gasteiger partial charge in [-0.05, 0) is 65.2 Å². The Labute approximate surface area is 202 Å². The number of nitrogens with zero attached hydrogens (tertiary/aromatic N) is 1. The second-order valence-electron chi connectivity index (χ2n) is 8.74. The number of methoxy groups -OCH3 is 1. The minimum absolute atomic E-state index is 0.00300. The molecule has 1 amide bonds. The predicted octanol–water partition coefficient (Wildman–Crippen LogP) is 6.73. The maximum absolute atomic E-state index is 13.7. The number of hydrogen-bond acceptors (Lipinski definition) is 2. The summed E-state index contributed by atoms with van der Waals surface area (Å²) in [6, 6.07) is 29.9.